The van der Waals surface area contributed by atoms with Crippen molar-refractivity contribution in [1.29, 1.82) is 0 Å². The van der Waals surface area contributed by atoms with Crippen LogP contribution in [0.25, 0.3) is 0 Å². The van der Waals surface area contributed by atoms with Crippen LogP contribution in [-0.2, 0) is 0 Å². The van der Waals surface area contributed by atoms with Crippen molar-refractivity contribution in [2.75, 3.05) is 41.3 Å². The molecule has 1 aliphatic heterocycles. The second-order valence-electron chi connectivity index (χ2n) is 8.27. The first-order valence-corrected chi connectivity index (χ1v) is 13.6. The SMILES string of the molecule is CCCCN(CCCC)c1ccc2c(c1)[Se]c1cc(N(CCC)CCC)ccc1N2. The summed E-state index contributed by atoms with van der Waals surface area (Å²) < 4.78 is 2.97. The predicted molar refractivity (Wildman–Crippen MR) is 136 cm³/mol. The zero-order valence-electron chi connectivity index (χ0n) is 19.3. The van der Waals surface area contributed by atoms with Crippen LogP contribution < -0.4 is 24.0 Å². The van der Waals surface area contributed by atoms with Crippen LogP contribution >= 0.6 is 0 Å². The fourth-order valence-electron chi connectivity index (χ4n) is 4.03. The van der Waals surface area contributed by atoms with Gasteiger partial charge in [-0.25, -0.2) is 0 Å². The van der Waals surface area contributed by atoms with Gasteiger partial charge in [0.25, 0.3) is 0 Å². The summed E-state index contributed by atoms with van der Waals surface area (Å²) in [5, 5.41) is 3.70. The number of rotatable bonds is 12. The molecule has 1 N–H and O–H groups in total. The van der Waals surface area contributed by atoms with Crippen LogP contribution in [-0.4, -0.2) is 41.1 Å². The molecule has 0 radical (unpaired) electrons. The Morgan fingerprint density at radius 3 is 1.53 bits per heavy atom. The van der Waals surface area contributed by atoms with E-state index < -0.39 is 0 Å². The molecular weight excluding hydrogens is 433 g/mol. The average Bonchev–Trinajstić information content (AvgIpc) is 2.77. The molecule has 0 aliphatic carbocycles. The summed E-state index contributed by atoms with van der Waals surface area (Å²) in [7, 11) is 0. The summed E-state index contributed by atoms with van der Waals surface area (Å²) in [4.78, 5) is 5.14. The number of fused-ring (bicyclic) bond motifs is 2. The molecule has 0 atom stereocenters. The van der Waals surface area contributed by atoms with Crippen LogP contribution in [0.5, 0.6) is 0 Å². The van der Waals surface area contributed by atoms with Crippen molar-refractivity contribution in [2.24, 2.45) is 0 Å². The number of nitrogens with zero attached hydrogens (tertiary/aromatic N) is 2. The fraction of sp³-hybridized carbons (Fsp3) is 0.538. The van der Waals surface area contributed by atoms with Gasteiger partial charge in [0.05, 0.1) is 0 Å². The average molecular weight is 473 g/mol. The van der Waals surface area contributed by atoms with Crippen LogP contribution in [0.3, 0.4) is 0 Å². The molecule has 0 spiro atoms. The zero-order chi connectivity index (χ0) is 21.3. The van der Waals surface area contributed by atoms with Crippen molar-refractivity contribution >= 4 is 46.6 Å². The first-order valence-electron chi connectivity index (χ1n) is 11.9. The van der Waals surface area contributed by atoms with Crippen LogP contribution in [0.4, 0.5) is 22.7 Å². The Bertz CT molecular complexity index is 791. The number of benzene rings is 2. The molecule has 164 valence electrons. The van der Waals surface area contributed by atoms with E-state index >= 15 is 0 Å². The van der Waals surface area contributed by atoms with E-state index in [2.05, 4.69) is 79.2 Å². The van der Waals surface area contributed by atoms with Gasteiger partial charge in [-0.05, 0) is 0 Å². The Morgan fingerprint density at radius 1 is 0.633 bits per heavy atom. The first kappa shape index (κ1) is 23.0. The third-order valence-corrected chi connectivity index (χ3v) is 8.04. The maximum atomic E-state index is 3.70. The van der Waals surface area contributed by atoms with Gasteiger partial charge in [-0.15, -0.1) is 0 Å². The van der Waals surface area contributed by atoms with E-state index in [0.29, 0.717) is 15.0 Å². The third-order valence-electron chi connectivity index (χ3n) is 5.70. The van der Waals surface area contributed by atoms with E-state index in [1.807, 2.05) is 0 Å². The van der Waals surface area contributed by atoms with Gasteiger partial charge in [0.1, 0.15) is 0 Å². The number of hydrogen-bond acceptors (Lipinski definition) is 3. The van der Waals surface area contributed by atoms with Gasteiger partial charge in [0.15, 0.2) is 0 Å². The Kier molecular flexibility index (Phi) is 8.96. The van der Waals surface area contributed by atoms with Gasteiger partial charge in [0.2, 0.25) is 0 Å². The predicted octanol–water partition coefficient (Wildman–Crippen LogP) is 5.43. The molecule has 0 fully saturated rings. The second kappa shape index (κ2) is 11.7. The third kappa shape index (κ3) is 5.74. The van der Waals surface area contributed by atoms with E-state index in [1.165, 1.54) is 83.3 Å². The molecule has 30 heavy (non-hydrogen) atoms. The van der Waals surface area contributed by atoms with Crippen molar-refractivity contribution in [1.82, 2.24) is 0 Å². The molecule has 0 unspecified atom stereocenters. The van der Waals surface area contributed by atoms with Crippen molar-refractivity contribution in [3.05, 3.63) is 36.4 Å². The normalized spacial score (nSPS) is 12.1. The number of unbranched alkanes of at least 4 members (excludes halogenated alkanes) is 2. The van der Waals surface area contributed by atoms with Crippen molar-refractivity contribution in [3.63, 3.8) is 0 Å². The van der Waals surface area contributed by atoms with Gasteiger partial charge in [-0.2, -0.15) is 0 Å². The van der Waals surface area contributed by atoms with Crippen molar-refractivity contribution in [2.45, 2.75) is 66.2 Å². The summed E-state index contributed by atoms with van der Waals surface area (Å²) in [5.41, 5.74) is 5.37. The van der Waals surface area contributed by atoms with Gasteiger partial charge < -0.3 is 0 Å². The molecule has 4 heteroatoms. The summed E-state index contributed by atoms with van der Waals surface area (Å²) in [6.07, 6.45) is 7.42. The molecule has 0 bridgehead atoms. The molecule has 0 saturated carbocycles. The molecule has 1 heterocycles. The van der Waals surface area contributed by atoms with Crippen LogP contribution in [0.15, 0.2) is 36.4 Å². The van der Waals surface area contributed by atoms with Gasteiger partial charge in [0, 0.05) is 0 Å². The topological polar surface area (TPSA) is 18.5 Å². The minimum absolute atomic E-state index is 0.340. The zero-order valence-corrected chi connectivity index (χ0v) is 21.1. The van der Waals surface area contributed by atoms with E-state index in [-0.39, 0.29) is 0 Å². The molecule has 2 aromatic rings. The van der Waals surface area contributed by atoms with E-state index in [4.69, 9.17) is 0 Å². The van der Waals surface area contributed by atoms with Crippen LogP contribution in [0, 0.1) is 0 Å². The van der Waals surface area contributed by atoms with Gasteiger partial charge >= 0.3 is 191 Å². The maximum absolute atomic E-state index is 3.70. The Hall–Kier alpha value is -1.64. The molecule has 0 aromatic heterocycles. The fourth-order valence-corrected chi connectivity index (χ4v) is 6.24. The second-order valence-corrected chi connectivity index (χ2v) is 10.5. The van der Waals surface area contributed by atoms with Crippen LogP contribution in [0.1, 0.15) is 66.2 Å². The van der Waals surface area contributed by atoms with Crippen LogP contribution in [0.2, 0.25) is 0 Å². The minimum atomic E-state index is 0.340. The molecule has 3 rings (SSSR count). The summed E-state index contributed by atoms with van der Waals surface area (Å²) in [6, 6.07) is 14.1. The number of nitrogens with one attached hydrogen (secondary N) is 1. The first-order chi connectivity index (χ1) is 14.7. The van der Waals surface area contributed by atoms with Crippen molar-refractivity contribution < 1.29 is 0 Å². The van der Waals surface area contributed by atoms with E-state index in [0.717, 1.165) is 13.1 Å². The molecule has 0 amide bonds. The molecule has 1 aliphatic rings. The number of anilines is 4. The van der Waals surface area contributed by atoms with E-state index in [1.54, 1.807) is 0 Å². The molecule has 0 saturated heterocycles. The van der Waals surface area contributed by atoms with Gasteiger partial charge in [-0.1, -0.05) is 0 Å². The van der Waals surface area contributed by atoms with Gasteiger partial charge in [-0.3, -0.25) is 0 Å². The Labute approximate surface area is 190 Å². The summed E-state index contributed by atoms with van der Waals surface area (Å²) in [5.74, 6) is 0. The Morgan fingerprint density at radius 2 is 1.10 bits per heavy atom. The quantitative estimate of drug-likeness (QED) is 0.355. The monoisotopic (exact) mass is 473 g/mol. The molecule has 2 aromatic carbocycles. The summed E-state index contributed by atoms with van der Waals surface area (Å²) >= 11 is 0.340. The Balaban J connectivity index is 1.82. The number of hydrogen-bond donors (Lipinski definition) is 1. The molecular formula is C26H39N3Se. The standard InChI is InChI=1S/C26H39N3Se/c1-5-9-17-29(18-10-6-2)22-12-14-24-26(20-22)30-25-19-21(11-13-23(25)27-24)28(15-7-3)16-8-4/h11-14,19-20,27H,5-10,15-18H2,1-4H3. The van der Waals surface area contributed by atoms with Crippen molar-refractivity contribution in [3.8, 4) is 0 Å². The summed E-state index contributed by atoms with van der Waals surface area (Å²) in [6.45, 7) is 13.7. The van der Waals surface area contributed by atoms with E-state index in [9.17, 15) is 0 Å². The molecule has 3 nitrogen and oxygen atoms in total.